The van der Waals surface area contributed by atoms with Crippen molar-refractivity contribution in [1.82, 2.24) is 4.90 Å². The highest BCUT2D eigenvalue weighted by Gasteiger charge is 1.99. The second-order valence-electron chi connectivity index (χ2n) is 5.37. The summed E-state index contributed by atoms with van der Waals surface area (Å²) < 4.78 is 5.53. The van der Waals surface area contributed by atoms with Gasteiger partial charge >= 0.3 is 0 Å². The molecule has 0 heterocycles. The van der Waals surface area contributed by atoms with Crippen molar-refractivity contribution in [3.8, 4) is 5.75 Å². The molecule has 2 aromatic rings. The average molecular weight is 284 g/mol. The van der Waals surface area contributed by atoms with Crippen LogP contribution >= 0.6 is 0 Å². The van der Waals surface area contributed by atoms with Gasteiger partial charge in [-0.15, -0.1) is 0 Å². The number of rotatable bonds is 7. The summed E-state index contributed by atoms with van der Waals surface area (Å²) in [6.07, 6.45) is 0. The quantitative estimate of drug-likeness (QED) is 0.838. The molecule has 0 saturated heterocycles. The molecule has 0 unspecified atom stereocenters. The van der Waals surface area contributed by atoms with Gasteiger partial charge in [-0.05, 0) is 56.4 Å². The standard InChI is InChI=1S/C18H24N2O/c1-4-21-18-10-6-7-15(12-18)13-19-17-9-5-8-16(11-17)14-20(2)3/h5-12,19H,4,13-14H2,1-3H3. The van der Waals surface area contributed by atoms with Crippen LogP contribution in [0.1, 0.15) is 18.1 Å². The van der Waals surface area contributed by atoms with Crippen LogP contribution in [-0.2, 0) is 13.1 Å². The molecule has 21 heavy (non-hydrogen) atoms. The van der Waals surface area contributed by atoms with Crippen molar-refractivity contribution in [2.24, 2.45) is 0 Å². The Balaban J connectivity index is 1.97. The molecule has 0 fully saturated rings. The van der Waals surface area contributed by atoms with Gasteiger partial charge < -0.3 is 15.0 Å². The van der Waals surface area contributed by atoms with Crippen molar-refractivity contribution < 1.29 is 4.74 Å². The van der Waals surface area contributed by atoms with Gasteiger partial charge in [-0.1, -0.05) is 24.3 Å². The van der Waals surface area contributed by atoms with Crippen molar-refractivity contribution in [3.05, 3.63) is 59.7 Å². The lowest BCUT2D eigenvalue weighted by Gasteiger charge is -2.12. The molecule has 2 aromatic carbocycles. The van der Waals surface area contributed by atoms with Crippen molar-refractivity contribution >= 4 is 5.69 Å². The number of hydrogen-bond acceptors (Lipinski definition) is 3. The highest BCUT2D eigenvalue weighted by atomic mass is 16.5. The molecule has 0 bridgehead atoms. The predicted molar refractivity (Wildman–Crippen MR) is 88.8 cm³/mol. The molecule has 0 aliphatic heterocycles. The van der Waals surface area contributed by atoms with E-state index in [1.54, 1.807) is 0 Å². The van der Waals surface area contributed by atoms with Gasteiger partial charge in [0.25, 0.3) is 0 Å². The third kappa shape index (κ3) is 5.12. The number of nitrogens with zero attached hydrogens (tertiary/aromatic N) is 1. The Hall–Kier alpha value is -2.00. The maximum absolute atomic E-state index is 5.53. The molecule has 2 rings (SSSR count). The number of ether oxygens (including phenoxy) is 1. The molecular formula is C18H24N2O. The fraction of sp³-hybridized carbons (Fsp3) is 0.333. The Kier molecular flexibility index (Phi) is 5.64. The van der Waals surface area contributed by atoms with E-state index in [1.807, 2.05) is 19.1 Å². The Labute approximate surface area is 127 Å². The van der Waals surface area contributed by atoms with E-state index in [-0.39, 0.29) is 0 Å². The van der Waals surface area contributed by atoms with E-state index in [4.69, 9.17) is 4.74 Å². The van der Waals surface area contributed by atoms with Crippen LogP contribution in [0.2, 0.25) is 0 Å². The smallest absolute Gasteiger partial charge is 0.119 e. The molecule has 112 valence electrons. The normalized spacial score (nSPS) is 10.7. The summed E-state index contributed by atoms with van der Waals surface area (Å²) in [4.78, 5) is 2.17. The first-order valence-corrected chi connectivity index (χ1v) is 7.36. The van der Waals surface area contributed by atoms with Gasteiger partial charge in [-0.2, -0.15) is 0 Å². The van der Waals surface area contributed by atoms with E-state index in [9.17, 15) is 0 Å². The average Bonchev–Trinajstić information content (AvgIpc) is 2.46. The molecule has 3 heteroatoms. The van der Waals surface area contributed by atoms with Crippen LogP contribution in [0.4, 0.5) is 5.69 Å². The van der Waals surface area contributed by atoms with Gasteiger partial charge in [-0.3, -0.25) is 0 Å². The van der Waals surface area contributed by atoms with Crippen LogP contribution in [-0.4, -0.2) is 25.6 Å². The zero-order valence-corrected chi connectivity index (χ0v) is 13.1. The maximum atomic E-state index is 5.53. The van der Waals surface area contributed by atoms with E-state index in [1.165, 1.54) is 11.1 Å². The lowest BCUT2D eigenvalue weighted by atomic mass is 10.1. The first-order valence-electron chi connectivity index (χ1n) is 7.36. The first-order chi connectivity index (χ1) is 10.2. The Bertz CT molecular complexity index is 567. The predicted octanol–water partition coefficient (Wildman–Crippen LogP) is 3.76. The minimum absolute atomic E-state index is 0.698. The molecule has 0 amide bonds. The molecular weight excluding hydrogens is 260 g/mol. The second-order valence-corrected chi connectivity index (χ2v) is 5.37. The molecule has 3 nitrogen and oxygen atoms in total. The van der Waals surface area contributed by atoms with Crippen molar-refractivity contribution in [1.29, 1.82) is 0 Å². The monoisotopic (exact) mass is 284 g/mol. The van der Waals surface area contributed by atoms with Gasteiger partial charge in [-0.25, -0.2) is 0 Å². The Morgan fingerprint density at radius 1 is 1.00 bits per heavy atom. The molecule has 0 spiro atoms. The summed E-state index contributed by atoms with van der Waals surface area (Å²) >= 11 is 0. The van der Waals surface area contributed by atoms with E-state index in [0.29, 0.717) is 6.61 Å². The maximum Gasteiger partial charge on any atom is 0.119 e. The summed E-state index contributed by atoms with van der Waals surface area (Å²) in [5, 5.41) is 3.47. The zero-order valence-electron chi connectivity index (χ0n) is 13.1. The van der Waals surface area contributed by atoms with Crippen LogP contribution in [0.25, 0.3) is 0 Å². The third-order valence-corrected chi connectivity index (χ3v) is 3.13. The zero-order chi connectivity index (χ0) is 15.1. The number of nitrogens with one attached hydrogen (secondary N) is 1. The topological polar surface area (TPSA) is 24.5 Å². The minimum Gasteiger partial charge on any atom is -0.494 e. The fourth-order valence-corrected chi connectivity index (χ4v) is 2.26. The summed E-state index contributed by atoms with van der Waals surface area (Å²) in [6.45, 7) is 4.45. The van der Waals surface area contributed by atoms with Gasteiger partial charge in [0.05, 0.1) is 6.61 Å². The summed E-state index contributed by atoms with van der Waals surface area (Å²) in [5.41, 5.74) is 3.68. The summed E-state index contributed by atoms with van der Waals surface area (Å²) in [5.74, 6) is 0.929. The van der Waals surface area contributed by atoms with Crippen LogP contribution in [0.3, 0.4) is 0 Å². The van der Waals surface area contributed by atoms with Crippen LogP contribution in [0.15, 0.2) is 48.5 Å². The van der Waals surface area contributed by atoms with Gasteiger partial charge in [0.15, 0.2) is 0 Å². The van der Waals surface area contributed by atoms with Crippen LogP contribution in [0, 0.1) is 0 Å². The highest BCUT2D eigenvalue weighted by Crippen LogP contribution is 2.16. The van der Waals surface area contributed by atoms with E-state index < -0.39 is 0 Å². The molecule has 0 atom stereocenters. The summed E-state index contributed by atoms with van der Waals surface area (Å²) in [7, 11) is 4.17. The van der Waals surface area contributed by atoms with Gasteiger partial charge in [0.2, 0.25) is 0 Å². The van der Waals surface area contributed by atoms with E-state index in [2.05, 4.69) is 60.7 Å². The molecule has 0 saturated carbocycles. The molecule has 0 aliphatic carbocycles. The molecule has 1 N–H and O–H groups in total. The number of benzene rings is 2. The minimum atomic E-state index is 0.698. The Morgan fingerprint density at radius 2 is 1.76 bits per heavy atom. The molecule has 0 aliphatic rings. The number of anilines is 1. The summed E-state index contributed by atoms with van der Waals surface area (Å²) in [6, 6.07) is 16.8. The lowest BCUT2D eigenvalue weighted by molar-refractivity contribution is 0.340. The van der Waals surface area contributed by atoms with Crippen molar-refractivity contribution in [2.45, 2.75) is 20.0 Å². The Morgan fingerprint density at radius 3 is 2.52 bits per heavy atom. The SMILES string of the molecule is CCOc1cccc(CNc2cccc(CN(C)C)c2)c1. The highest BCUT2D eigenvalue weighted by molar-refractivity contribution is 5.46. The molecule has 0 aromatic heterocycles. The third-order valence-electron chi connectivity index (χ3n) is 3.13. The van der Waals surface area contributed by atoms with E-state index in [0.717, 1.165) is 24.5 Å². The van der Waals surface area contributed by atoms with Crippen molar-refractivity contribution in [3.63, 3.8) is 0 Å². The largest absolute Gasteiger partial charge is 0.494 e. The van der Waals surface area contributed by atoms with Crippen LogP contribution < -0.4 is 10.1 Å². The van der Waals surface area contributed by atoms with Gasteiger partial charge in [0, 0.05) is 18.8 Å². The fourth-order valence-electron chi connectivity index (χ4n) is 2.26. The van der Waals surface area contributed by atoms with Gasteiger partial charge in [0.1, 0.15) is 5.75 Å². The number of hydrogen-bond donors (Lipinski definition) is 1. The lowest BCUT2D eigenvalue weighted by Crippen LogP contribution is -2.10. The first kappa shape index (κ1) is 15.4. The van der Waals surface area contributed by atoms with Crippen molar-refractivity contribution in [2.75, 3.05) is 26.0 Å². The van der Waals surface area contributed by atoms with E-state index >= 15 is 0 Å². The second kappa shape index (κ2) is 7.70. The molecule has 0 radical (unpaired) electrons. The van der Waals surface area contributed by atoms with Crippen LogP contribution in [0.5, 0.6) is 5.75 Å².